The van der Waals surface area contributed by atoms with Crippen LogP contribution in [-0.2, 0) is 11.3 Å². The summed E-state index contributed by atoms with van der Waals surface area (Å²) in [5.74, 6) is -0.649. The third-order valence-electron chi connectivity index (χ3n) is 6.42. The molecule has 0 saturated heterocycles. The van der Waals surface area contributed by atoms with Crippen molar-refractivity contribution in [3.8, 4) is 0 Å². The van der Waals surface area contributed by atoms with E-state index in [1.165, 1.54) is 22.1 Å². The van der Waals surface area contributed by atoms with Crippen molar-refractivity contribution in [1.82, 2.24) is 9.80 Å². The van der Waals surface area contributed by atoms with E-state index in [1.807, 2.05) is 37.3 Å². The Balaban J connectivity index is 1.39. The van der Waals surface area contributed by atoms with E-state index < -0.39 is 10.9 Å². The van der Waals surface area contributed by atoms with Crippen LogP contribution in [0.25, 0.3) is 0 Å². The van der Waals surface area contributed by atoms with Gasteiger partial charge in [0.05, 0.1) is 11.8 Å². The Bertz CT molecular complexity index is 1490. The molecule has 0 aliphatic heterocycles. The molecule has 10 heteroatoms. The molecule has 1 aromatic heterocycles. The minimum atomic E-state index is -0.648. The maximum atomic E-state index is 13.2. The van der Waals surface area contributed by atoms with Crippen LogP contribution in [-0.4, -0.2) is 53.4 Å². The monoisotopic (exact) mass is 530 g/mol. The Labute approximate surface area is 225 Å². The number of likely N-dealkylation sites (N-methyl/N-ethyl adjacent to an activating group) is 2. The first-order valence-electron chi connectivity index (χ1n) is 12.6. The Kier molecular flexibility index (Phi) is 8.45. The van der Waals surface area contributed by atoms with Gasteiger partial charge in [-0.05, 0) is 36.8 Å². The predicted octanol–water partition coefficient (Wildman–Crippen LogP) is 3.18. The van der Waals surface area contributed by atoms with E-state index in [0.29, 0.717) is 18.8 Å². The summed E-state index contributed by atoms with van der Waals surface area (Å²) in [6.45, 7) is 3.07. The number of aliphatic hydroxyl groups is 1. The van der Waals surface area contributed by atoms with Crippen LogP contribution in [0.2, 0.25) is 0 Å². The number of carbonyl (C=O) groups excluding carboxylic acids is 2. The molecule has 3 N–H and O–H groups in total. The lowest BCUT2D eigenvalue weighted by molar-refractivity contribution is -0.127. The number of carbonyl (C=O) groups is 2. The number of allylic oxidation sites excluding steroid dienone is 2. The van der Waals surface area contributed by atoms with Crippen LogP contribution < -0.4 is 21.5 Å². The van der Waals surface area contributed by atoms with Crippen molar-refractivity contribution in [2.75, 3.05) is 37.3 Å². The third kappa shape index (κ3) is 6.18. The van der Waals surface area contributed by atoms with Gasteiger partial charge in [-0.1, -0.05) is 36.4 Å². The molecule has 0 atom stereocenters. The van der Waals surface area contributed by atoms with E-state index in [-0.39, 0.29) is 59.8 Å². The molecule has 1 aliphatic carbocycles. The third-order valence-corrected chi connectivity index (χ3v) is 6.42. The van der Waals surface area contributed by atoms with Gasteiger partial charge < -0.3 is 30.0 Å². The summed E-state index contributed by atoms with van der Waals surface area (Å²) in [5, 5.41) is 16.8. The molecule has 202 valence electrons. The standard InChI is InChI=1S/C29H30N4O6/c1-3-33(15-14-32(2)29(38)23-13-8-16-39-23)28(37)21-12-7-11-20(17-22(21)34)31-25-24(26(35)27(25)36)30-18-19-9-5-4-6-10-19/h4-13,16,30-31,34H,3,14-15,17-18H2,1-2H3. The number of rotatable bonds is 11. The van der Waals surface area contributed by atoms with Crippen molar-refractivity contribution < 1.29 is 19.1 Å². The fourth-order valence-corrected chi connectivity index (χ4v) is 4.13. The Morgan fingerprint density at radius 1 is 1.00 bits per heavy atom. The molecular formula is C29H30N4O6. The summed E-state index contributed by atoms with van der Waals surface area (Å²) in [7, 11) is 1.62. The van der Waals surface area contributed by atoms with E-state index in [9.17, 15) is 24.3 Å². The molecule has 0 saturated carbocycles. The van der Waals surface area contributed by atoms with Gasteiger partial charge in [0, 0.05) is 45.3 Å². The number of hydrogen-bond donors (Lipinski definition) is 3. The molecule has 1 heterocycles. The van der Waals surface area contributed by atoms with Crippen LogP contribution in [0.5, 0.6) is 0 Å². The highest BCUT2D eigenvalue weighted by Crippen LogP contribution is 2.24. The van der Waals surface area contributed by atoms with Gasteiger partial charge >= 0.3 is 0 Å². The summed E-state index contributed by atoms with van der Waals surface area (Å²) >= 11 is 0. The van der Waals surface area contributed by atoms with E-state index in [0.717, 1.165) is 5.56 Å². The van der Waals surface area contributed by atoms with Crippen molar-refractivity contribution in [1.29, 1.82) is 0 Å². The van der Waals surface area contributed by atoms with Crippen molar-refractivity contribution in [2.24, 2.45) is 0 Å². The summed E-state index contributed by atoms with van der Waals surface area (Å²) < 4.78 is 5.14. The zero-order valence-corrected chi connectivity index (χ0v) is 21.8. The summed E-state index contributed by atoms with van der Waals surface area (Å²) in [6, 6.07) is 12.7. The highest BCUT2D eigenvalue weighted by atomic mass is 16.3. The van der Waals surface area contributed by atoms with Crippen LogP contribution >= 0.6 is 0 Å². The smallest absolute Gasteiger partial charge is 0.289 e. The largest absolute Gasteiger partial charge is 0.511 e. The second-order valence-corrected chi connectivity index (χ2v) is 9.05. The molecular weight excluding hydrogens is 500 g/mol. The van der Waals surface area contributed by atoms with Gasteiger partial charge in [-0.3, -0.25) is 19.2 Å². The Hall–Kier alpha value is -4.86. The van der Waals surface area contributed by atoms with Gasteiger partial charge in [0.25, 0.3) is 22.7 Å². The first-order valence-corrected chi connectivity index (χ1v) is 12.6. The van der Waals surface area contributed by atoms with Gasteiger partial charge in [0.1, 0.15) is 17.1 Å². The molecule has 0 bridgehead atoms. The number of furan rings is 1. The number of anilines is 2. The van der Waals surface area contributed by atoms with E-state index in [1.54, 1.807) is 31.3 Å². The second-order valence-electron chi connectivity index (χ2n) is 9.05. The van der Waals surface area contributed by atoms with E-state index >= 15 is 0 Å². The quantitative estimate of drug-likeness (QED) is 0.322. The molecule has 1 aliphatic rings. The molecule has 2 amide bonds. The highest BCUT2D eigenvalue weighted by molar-refractivity contribution is 5.97. The van der Waals surface area contributed by atoms with Crippen molar-refractivity contribution in [2.45, 2.75) is 19.9 Å². The normalized spacial score (nSPS) is 13.1. The van der Waals surface area contributed by atoms with Gasteiger partial charge in [-0.15, -0.1) is 0 Å². The summed E-state index contributed by atoms with van der Waals surface area (Å²) in [5.41, 5.74) is 0.563. The minimum absolute atomic E-state index is 0.0422. The topological polar surface area (TPSA) is 132 Å². The maximum Gasteiger partial charge on any atom is 0.289 e. The van der Waals surface area contributed by atoms with Crippen LogP contribution in [0.15, 0.2) is 98.0 Å². The van der Waals surface area contributed by atoms with Gasteiger partial charge in [-0.2, -0.15) is 0 Å². The summed E-state index contributed by atoms with van der Waals surface area (Å²) in [6.07, 6.45) is 6.12. The SMILES string of the molecule is CCN(CCN(C)C(=O)c1ccco1)C(=O)C1=C(O)CC(Nc2c(NCc3ccccc3)c(=O)c2=O)=CC=C1. The van der Waals surface area contributed by atoms with Crippen molar-refractivity contribution in [3.63, 3.8) is 0 Å². The average molecular weight is 531 g/mol. The fraction of sp³-hybridized carbons (Fsp3) is 0.241. The van der Waals surface area contributed by atoms with E-state index in [4.69, 9.17) is 4.42 Å². The molecule has 0 fully saturated rings. The van der Waals surface area contributed by atoms with Crippen molar-refractivity contribution >= 4 is 23.2 Å². The Morgan fingerprint density at radius 2 is 1.74 bits per heavy atom. The lowest BCUT2D eigenvalue weighted by Gasteiger charge is -2.25. The van der Waals surface area contributed by atoms with Crippen LogP contribution in [0, 0.1) is 0 Å². The molecule has 2 aromatic carbocycles. The zero-order valence-electron chi connectivity index (χ0n) is 21.8. The maximum absolute atomic E-state index is 13.2. The highest BCUT2D eigenvalue weighted by Gasteiger charge is 2.25. The molecule has 4 rings (SSSR count). The average Bonchev–Trinajstić information content (AvgIpc) is 3.42. The minimum Gasteiger partial charge on any atom is -0.511 e. The number of amides is 2. The van der Waals surface area contributed by atoms with Gasteiger partial charge in [-0.25, -0.2) is 0 Å². The predicted molar refractivity (Wildman–Crippen MR) is 148 cm³/mol. The Morgan fingerprint density at radius 3 is 2.44 bits per heavy atom. The zero-order chi connectivity index (χ0) is 27.9. The fourth-order valence-electron chi connectivity index (χ4n) is 4.13. The molecule has 3 aromatic rings. The van der Waals surface area contributed by atoms with Crippen LogP contribution in [0.3, 0.4) is 0 Å². The lowest BCUT2D eigenvalue weighted by Crippen LogP contribution is -2.40. The van der Waals surface area contributed by atoms with Crippen LogP contribution in [0.4, 0.5) is 11.4 Å². The number of benzene rings is 1. The van der Waals surface area contributed by atoms with Gasteiger partial charge in [0.15, 0.2) is 5.76 Å². The van der Waals surface area contributed by atoms with Crippen LogP contribution in [0.1, 0.15) is 29.5 Å². The molecule has 10 nitrogen and oxygen atoms in total. The number of nitrogens with one attached hydrogen (secondary N) is 2. The number of hydrogen-bond acceptors (Lipinski definition) is 8. The summed E-state index contributed by atoms with van der Waals surface area (Å²) in [4.78, 5) is 53.0. The molecule has 0 unspecified atom stereocenters. The van der Waals surface area contributed by atoms with E-state index in [2.05, 4.69) is 10.6 Å². The molecule has 39 heavy (non-hydrogen) atoms. The number of aliphatic hydroxyl groups excluding tert-OH is 1. The molecule has 0 radical (unpaired) electrons. The number of nitrogens with zero attached hydrogens (tertiary/aromatic N) is 2. The van der Waals surface area contributed by atoms with Gasteiger partial charge in [0.2, 0.25) is 0 Å². The molecule has 0 spiro atoms. The second kappa shape index (κ2) is 12.1. The first-order chi connectivity index (χ1) is 18.8. The first kappa shape index (κ1) is 27.2. The lowest BCUT2D eigenvalue weighted by atomic mass is 10.1. The van der Waals surface area contributed by atoms with Crippen molar-refractivity contribution in [3.05, 3.63) is 116 Å².